The van der Waals surface area contributed by atoms with Gasteiger partial charge in [0.25, 0.3) is 0 Å². The molecule has 0 amide bonds. The Labute approximate surface area is 139 Å². The zero-order valence-corrected chi connectivity index (χ0v) is 14.3. The van der Waals surface area contributed by atoms with Crippen molar-refractivity contribution < 1.29 is 5.11 Å². The van der Waals surface area contributed by atoms with Crippen LogP contribution >= 0.6 is 11.3 Å². The van der Waals surface area contributed by atoms with Gasteiger partial charge in [-0.05, 0) is 30.7 Å². The molecule has 0 bridgehead atoms. The van der Waals surface area contributed by atoms with Crippen LogP contribution in [0.15, 0.2) is 24.3 Å². The van der Waals surface area contributed by atoms with Crippen LogP contribution in [-0.2, 0) is 13.0 Å². The number of aromatic nitrogens is 3. The fourth-order valence-corrected chi connectivity index (χ4v) is 4.03. The average Bonchev–Trinajstić information content (AvgIpc) is 3.20. The van der Waals surface area contributed by atoms with E-state index in [1.807, 2.05) is 4.52 Å². The second kappa shape index (κ2) is 5.73. The third-order valence-corrected chi connectivity index (χ3v) is 5.33. The van der Waals surface area contributed by atoms with Gasteiger partial charge in [-0.3, -0.25) is 0 Å². The van der Waals surface area contributed by atoms with Crippen molar-refractivity contribution >= 4 is 16.3 Å². The number of aliphatic hydroxyl groups excluding tert-OH is 1. The van der Waals surface area contributed by atoms with Crippen molar-refractivity contribution in [2.24, 2.45) is 5.92 Å². The molecule has 0 aliphatic heterocycles. The van der Waals surface area contributed by atoms with Gasteiger partial charge in [-0.15, -0.1) is 0 Å². The van der Waals surface area contributed by atoms with Gasteiger partial charge < -0.3 is 5.11 Å². The molecule has 0 spiro atoms. The molecule has 1 fully saturated rings. The number of hydrogen-bond donors (Lipinski definition) is 1. The monoisotopic (exact) mass is 327 g/mol. The molecule has 4 nitrogen and oxygen atoms in total. The van der Waals surface area contributed by atoms with Crippen LogP contribution in [-0.4, -0.2) is 19.7 Å². The summed E-state index contributed by atoms with van der Waals surface area (Å²) < 4.78 is 1.83. The van der Waals surface area contributed by atoms with Gasteiger partial charge >= 0.3 is 0 Å². The molecule has 3 aromatic rings. The van der Waals surface area contributed by atoms with Crippen molar-refractivity contribution in [3.63, 3.8) is 0 Å². The molecular weight excluding hydrogens is 306 g/mol. The Morgan fingerprint density at radius 2 is 2.00 bits per heavy atom. The first-order chi connectivity index (χ1) is 11.2. The van der Waals surface area contributed by atoms with Gasteiger partial charge in [-0.1, -0.05) is 49.4 Å². The molecule has 1 aliphatic rings. The number of nitrogens with zero attached hydrogens (tertiary/aromatic N) is 3. The predicted molar refractivity (Wildman–Crippen MR) is 92.7 cm³/mol. The first-order valence-corrected chi connectivity index (χ1v) is 9.06. The molecule has 0 atom stereocenters. The van der Waals surface area contributed by atoms with E-state index in [-0.39, 0.29) is 6.61 Å². The van der Waals surface area contributed by atoms with Crippen molar-refractivity contribution in [1.82, 2.24) is 14.6 Å². The summed E-state index contributed by atoms with van der Waals surface area (Å²) in [6.45, 7) is 4.41. The second-order valence-corrected chi connectivity index (χ2v) is 7.76. The lowest BCUT2D eigenvalue weighted by atomic mass is 10.0. The summed E-state index contributed by atoms with van der Waals surface area (Å²) in [4.78, 5) is 5.62. The molecule has 4 rings (SSSR count). The number of benzene rings is 1. The van der Waals surface area contributed by atoms with Crippen molar-refractivity contribution in [2.45, 2.75) is 45.6 Å². The standard InChI is InChI=1S/C18H21N3OS/c1-11(2)9-12-3-5-13(6-4-12)16-15(10-22)21-18(19-16)23-17(20-21)14-7-8-14/h3-6,11,14,22H,7-10H2,1-2H3. The molecule has 1 saturated carbocycles. The number of rotatable bonds is 5. The molecule has 1 N–H and O–H groups in total. The van der Waals surface area contributed by atoms with Crippen LogP contribution in [0.2, 0.25) is 0 Å². The molecule has 2 aromatic heterocycles. The Kier molecular flexibility index (Phi) is 3.70. The fourth-order valence-electron chi connectivity index (χ4n) is 2.94. The highest BCUT2D eigenvalue weighted by molar-refractivity contribution is 7.16. The van der Waals surface area contributed by atoms with E-state index in [9.17, 15) is 5.11 Å². The van der Waals surface area contributed by atoms with Crippen LogP contribution in [0.4, 0.5) is 0 Å². The first-order valence-electron chi connectivity index (χ1n) is 8.24. The zero-order valence-electron chi connectivity index (χ0n) is 13.5. The van der Waals surface area contributed by atoms with Gasteiger partial charge in [0.2, 0.25) is 4.96 Å². The van der Waals surface area contributed by atoms with Gasteiger partial charge in [0.05, 0.1) is 18.0 Å². The first kappa shape index (κ1) is 14.8. The summed E-state index contributed by atoms with van der Waals surface area (Å²) in [6.07, 6.45) is 3.54. The minimum absolute atomic E-state index is 0.0436. The van der Waals surface area contributed by atoms with E-state index in [2.05, 4.69) is 43.2 Å². The van der Waals surface area contributed by atoms with Crippen LogP contribution in [0.5, 0.6) is 0 Å². The number of fused-ring (bicyclic) bond motifs is 1. The molecule has 1 aliphatic carbocycles. The van der Waals surface area contributed by atoms with Crippen LogP contribution < -0.4 is 0 Å². The minimum Gasteiger partial charge on any atom is -0.390 e. The summed E-state index contributed by atoms with van der Waals surface area (Å²) in [7, 11) is 0. The topological polar surface area (TPSA) is 50.4 Å². The maximum atomic E-state index is 9.81. The number of imidazole rings is 1. The fraction of sp³-hybridized carbons (Fsp3) is 0.444. The van der Waals surface area contributed by atoms with E-state index in [0.29, 0.717) is 11.8 Å². The third-order valence-electron chi connectivity index (χ3n) is 4.26. The molecule has 1 aromatic carbocycles. The number of aliphatic hydroxyl groups is 1. The number of hydrogen-bond acceptors (Lipinski definition) is 4. The van der Waals surface area contributed by atoms with Crippen LogP contribution in [0, 0.1) is 5.92 Å². The summed E-state index contributed by atoms with van der Waals surface area (Å²) in [5.41, 5.74) is 4.03. The Bertz CT molecular complexity index is 828. The second-order valence-electron chi connectivity index (χ2n) is 6.77. The van der Waals surface area contributed by atoms with E-state index in [4.69, 9.17) is 4.98 Å². The van der Waals surface area contributed by atoms with Crippen LogP contribution in [0.3, 0.4) is 0 Å². The van der Waals surface area contributed by atoms with Crippen LogP contribution in [0.1, 0.15) is 48.9 Å². The van der Waals surface area contributed by atoms with E-state index in [0.717, 1.165) is 33.3 Å². The molecule has 5 heteroatoms. The smallest absolute Gasteiger partial charge is 0.213 e. The summed E-state index contributed by atoms with van der Waals surface area (Å²) in [5, 5.41) is 15.6. The van der Waals surface area contributed by atoms with Crippen LogP contribution in [0.25, 0.3) is 16.2 Å². The molecule has 23 heavy (non-hydrogen) atoms. The van der Waals surface area contributed by atoms with Gasteiger partial charge in [0.1, 0.15) is 5.01 Å². The SMILES string of the molecule is CC(C)Cc1ccc(-c2nc3sc(C4CC4)nn3c2CO)cc1. The van der Waals surface area contributed by atoms with Crippen molar-refractivity contribution in [1.29, 1.82) is 0 Å². The Hall–Kier alpha value is -1.72. The molecule has 0 saturated heterocycles. The highest BCUT2D eigenvalue weighted by Gasteiger charge is 2.29. The van der Waals surface area contributed by atoms with Gasteiger partial charge in [0, 0.05) is 11.5 Å². The Balaban J connectivity index is 1.71. The van der Waals surface area contributed by atoms with E-state index >= 15 is 0 Å². The highest BCUT2D eigenvalue weighted by Crippen LogP contribution is 2.42. The Morgan fingerprint density at radius 1 is 1.26 bits per heavy atom. The molecule has 0 unspecified atom stereocenters. The maximum Gasteiger partial charge on any atom is 0.213 e. The van der Waals surface area contributed by atoms with Crippen molar-refractivity contribution in [3.8, 4) is 11.3 Å². The lowest BCUT2D eigenvalue weighted by Crippen LogP contribution is -1.97. The van der Waals surface area contributed by atoms with Gasteiger partial charge in [-0.2, -0.15) is 5.10 Å². The minimum atomic E-state index is -0.0436. The van der Waals surface area contributed by atoms with Crippen molar-refractivity contribution in [2.75, 3.05) is 0 Å². The largest absolute Gasteiger partial charge is 0.390 e. The van der Waals surface area contributed by atoms with Gasteiger partial charge in [0.15, 0.2) is 0 Å². The average molecular weight is 327 g/mol. The van der Waals surface area contributed by atoms with E-state index in [1.54, 1.807) is 11.3 Å². The molecule has 120 valence electrons. The Morgan fingerprint density at radius 3 is 2.61 bits per heavy atom. The van der Waals surface area contributed by atoms with E-state index in [1.165, 1.54) is 18.4 Å². The maximum absolute atomic E-state index is 9.81. The predicted octanol–water partition coefficient (Wildman–Crippen LogP) is 4.03. The quantitative estimate of drug-likeness (QED) is 0.770. The molecule has 0 radical (unpaired) electrons. The zero-order chi connectivity index (χ0) is 16.0. The lowest BCUT2D eigenvalue weighted by Gasteiger charge is -2.06. The van der Waals surface area contributed by atoms with E-state index < -0.39 is 0 Å². The van der Waals surface area contributed by atoms with Gasteiger partial charge in [-0.25, -0.2) is 9.50 Å². The summed E-state index contributed by atoms with van der Waals surface area (Å²) in [6, 6.07) is 8.52. The highest BCUT2D eigenvalue weighted by atomic mass is 32.1. The molecular formula is C18H21N3OS. The van der Waals surface area contributed by atoms with Crippen molar-refractivity contribution in [3.05, 3.63) is 40.5 Å². The normalized spacial score (nSPS) is 15.0. The third kappa shape index (κ3) is 2.79. The summed E-state index contributed by atoms with van der Waals surface area (Å²) in [5.74, 6) is 1.27. The summed E-state index contributed by atoms with van der Waals surface area (Å²) >= 11 is 1.65. The molecule has 2 heterocycles. The lowest BCUT2D eigenvalue weighted by molar-refractivity contribution is 0.275.